The van der Waals surface area contributed by atoms with Crippen molar-refractivity contribution >= 4 is 21.6 Å². The average molecular weight is 207 g/mol. The van der Waals surface area contributed by atoms with Crippen LogP contribution in [0, 0.1) is 5.92 Å². The summed E-state index contributed by atoms with van der Waals surface area (Å²) >= 11 is 1.57. The van der Waals surface area contributed by atoms with Crippen molar-refractivity contribution in [3.8, 4) is 0 Å². The molecule has 2 aromatic rings. The maximum Gasteiger partial charge on any atom is 0.123 e. The molecule has 0 fully saturated rings. The van der Waals surface area contributed by atoms with Gasteiger partial charge >= 0.3 is 0 Å². The van der Waals surface area contributed by atoms with Gasteiger partial charge in [0.25, 0.3) is 0 Å². The number of hydrogen-bond donors (Lipinski definition) is 1. The Kier molecular flexibility index (Phi) is 2.52. The van der Waals surface area contributed by atoms with Crippen LogP contribution in [0.3, 0.4) is 0 Å². The van der Waals surface area contributed by atoms with E-state index in [2.05, 4.69) is 4.98 Å². The third-order valence-corrected chi connectivity index (χ3v) is 3.30. The molecule has 1 unspecified atom stereocenters. The van der Waals surface area contributed by atoms with Crippen molar-refractivity contribution < 1.29 is 5.11 Å². The predicted octanol–water partition coefficient (Wildman–Crippen LogP) is 2.99. The first-order valence-electron chi connectivity index (χ1n) is 4.72. The lowest BCUT2D eigenvalue weighted by Gasteiger charge is -2.09. The Hall–Kier alpha value is -0.930. The number of aliphatic hydroxyl groups excluding tert-OH is 1. The minimum Gasteiger partial charge on any atom is -0.386 e. The van der Waals surface area contributed by atoms with Crippen LogP contribution in [0.1, 0.15) is 25.0 Å². The van der Waals surface area contributed by atoms with Crippen molar-refractivity contribution in [1.82, 2.24) is 4.98 Å². The van der Waals surface area contributed by atoms with E-state index in [9.17, 15) is 5.11 Å². The van der Waals surface area contributed by atoms with E-state index in [1.54, 1.807) is 11.3 Å². The molecule has 0 saturated carbocycles. The fourth-order valence-electron chi connectivity index (χ4n) is 1.30. The molecule has 0 radical (unpaired) electrons. The largest absolute Gasteiger partial charge is 0.386 e. The normalized spacial score (nSPS) is 13.7. The summed E-state index contributed by atoms with van der Waals surface area (Å²) in [4.78, 5) is 4.40. The number of rotatable bonds is 2. The van der Waals surface area contributed by atoms with Crippen LogP contribution in [0.25, 0.3) is 10.2 Å². The summed E-state index contributed by atoms with van der Waals surface area (Å²) in [7, 11) is 0. The zero-order chi connectivity index (χ0) is 10.1. The first-order chi connectivity index (χ1) is 6.68. The number of aliphatic hydroxyl groups is 1. The topological polar surface area (TPSA) is 33.1 Å². The predicted molar refractivity (Wildman–Crippen MR) is 59.4 cm³/mol. The summed E-state index contributed by atoms with van der Waals surface area (Å²) < 4.78 is 1.14. The summed E-state index contributed by atoms with van der Waals surface area (Å²) in [6.07, 6.45) is -0.438. The number of aromatic nitrogens is 1. The van der Waals surface area contributed by atoms with Crippen molar-refractivity contribution in [2.45, 2.75) is 20.0 Å². The first-order valence-corrected chi connectivity index (χ1v) is 5.53. The van der Waals surface area contributed by atoms with Crippen LogP contribution < -0.4 is 0 Å². The molecule has 0 saturated heterocycles. The zero-order valence-corrected chi connectivity index (χ0v) is 9.08. The van der Waals surface area contributed by atoms with Crippen LogP contribution in [-0.4, -0.2) is 10.1 Å². The molecule has 1 N–H and O–H groups in total. The molecule has 0 aliphatic carbocycles. The number of fused-ring (bicyclic) bond motifs is 1. The van der Waals surface area contributed by atoms with Crippen molar-refractivity contribution in [2.75, 3.05) is 0 Å². The van der Waals surface area contributed by atoms with E-state index in [0.717, 1.165) is 15.2 Å². The van der Waals surface area contributed by atoms with E-state index in [-0.39, 0.29) is 5.92 Å². The van der Waals surface area contributed by atoms with Crippen LogP contribution >= 0.6 is 11.3 Å². The van der Waals surface area contributed by atoms with E-state index < -0.39 is 6.10 Å². The van der Waals surface area contributed by atoms with Gasteiger partial charge in [0, 0.05) is 0 Å². The van der Waals surface area contributed by atoms with Gasteiger partial charge in [0.15, 0.2) is 0 Å². The highest BCUT2D eigenvalue weighted by atomic mass is 32.1. The highest BCUT2D eigenvalue weighted by Gasteiger charge is 2.16. The van der Waals surface area contributed by atoms with Gasteiger partial charge < -0.3 is 5.11 Å². The molecule has 1 heterocycles. The van der Waals surface area contributed by atoms with Gasteiger partial charge in [-0.3, -0.25) is 0 Å². The molecule has 0 bridgehead atoms. The van der Waals surface area contributed by atoms with Gasteiger partial charge in [-0.2, -0.15) is 0 Å². The summed E-state index contributed by atoms with van der Waals surface area (Å²) in [6, 6.07) is 7.96. The Morgan fingerprint density at radius 2 is 2.00 bits per heavy atom. The van der Waals surface area contributed by atoms with Crippen molar-refractivity contribution in [2.24, 2.45) is 5.92 Å². The third kappa shape index (κ3) is 1.65. The van der Waals surface area contributed by atoms with Gasteiger partial charge in [-0.25, -0.2) is 4.98 Å². The van der Waals surface area contributed by atoms with Crippen LogP contribution in [0.5, 0.6) is 0 Å². The summed E-state index contributed by atoms with van der Waals surface area (Å²) in [6.45, 7) is 3.99. The zero-order valence-electron chi connectivity index (χ0n) is 8.27. The Morgan fingerprint density at radius 1 is 1.29 bits per heavy atom. The lowest BCUT2D eigenvalue weighted by atomic mass is 10.1. The van der Waals surface area contributed by atoms with Crippen LogP contribution in [0.2, 0.25) is 0 Å². The molecule has 0 aliphatic rings. The molecule has 0 spiro atoms. The molecule has 1 aromatic carbocycles. The van der Waals surface area contributed by atoms with Gasteiger partial charge in [0.2, 0.25) is 0 Å². The SMILES string of the molecule is CC(C)C(O)c1nc2ccccc2s1. The number of thiazole rings is 1. The molecular formula is C11H13NOS. The van der Waals surface area contributed by atoms with Crippen LogP contribution in [0.15, 0.2) is 24.3 Å². The van der Waals surface area contributed by atoms with Gasteiger partial charge in [-0.1, -0.05) is 26.0 Å². The Labute approximate surface area is 87.2 Å². The molecule has 0 aliphatic heterocycles. The lowest BCUT2D eigenvalue weighted by molar-refractivity contribution is 0.127. The lowest BCUT2D eigenvalue weighted by Crippen LogP contribution is -2.04. The van der Waals surface area contributed by atoms with E-state index in [1.165, 1.54) is 0 Å². The average Bonchev–Trinajstić information content (AvgIpc) is 2.59. The van der Waals surface area contributed by atoms with Gasteiger partial charge in [-0.15, -0.1) is 11.3 Å². The standard InChI is InChI=1S/C11H13NOS/c1-7(2)10(13)11-12-8-5-3-4-6-9(8)14-11/h3-7,10,13H,1-2H3. The monoisotopic (exact) mass is 207 g/mol. The molecule has 2 nitrogen and oxygen atoms in total. The van der Waals surface area contributed by atoms with E-state index >= 15 is 0 Å². The van der Waals surface area contributed by atoms with Gasteiger partial charge in [-0.05, 0) is 18.1 Å². The third-order valence-electron chi connectivity index (χ3n) is 2.19. The van der Waals surface area contributed by atoms with Crippen LogP contribution in [0.4, 0.5) is 0 Å². The fraction of sp³-hybridized carbons (Fsp3) is 0.364. The second kappa shape index (κ2) is 3.67. The molecule has 3 heteroatoms. The van der Waals surface area contributed by atoms with E-state index in [4.69, 9.17) is 0 Å². The van der Waals surface area contributed by atoms with Crippen LogP contribution in [-0.2, 0) is 0 Å². The van der Waals surface area contributed by atoms with E-state index in [0.29, 0.717) is 0 Å². The first kappa shape index (κ1) is 9.62. The maximum atomic E-state index is 9.85. The molecule has 1 aromatic heterocycles. The number of benzene rings is 1. The second-order valence-electron chi connectivity index (χ2n) is 3.71. The van der Waals surface area contributed by atoms with Gasteiger partial charge in [0.05, 0.1) is 10.2 Å². The molecule has 74 valence electrons. The number of nitrogens with zero attached hydrogens (tertiary/aromatic N) is 1. The highest BCUT2D eigenvalue weighted by molar-refractivity contribution is 7.18. The van der Waals surface area contributed by atoms with Crippen molar-refractivity contribution in [1.29, 1.82) is 0 Å². The minimum absolute atomic E-state index is 0.218. The molecule has 2 rings (SSSR count). The van der Waals surface area contributed by atoms with Crippen molar-refractivity contribution in [3.05, 3.63) is 29.3 Å². The summed E-state index contributed by atoms with van der Waals surface area (Å²) in [5.41, 5.74) is 0.979. The molecule has 14 heavy (non-hydrogen) atoms. The minimum atomic E-state index is -0.438. The Morgan fingerprint density at radius 3 is 2.64 bits per heavy atom. The van der Waals surface area contributed by atoms with Crippen molar-refractivity contribution in [3.63, 3.8) is 0 Å². The fourth-order valence-corrected chi connectivity index (χ4v) is 2.43. The maximum absolute atomic E-state index is 9.85. The summed E-state index contributed by atoms with van der Waals surface area (Å²) in [5, 5.41) is 10.7. The Balaban J connectivity index is 2.45. The number of para-hydroxylation sites is 1. The smallest absolute Gasteiger partial charge is 0.123 e. The Bertz CT molecular complexity index is 403. The molecule has 0 amide bonds. The second-order valence-corrected chi connectivity index (χ2v) is 4.77. The molecule has 1 atom stereocenters. The molecular weight excluding hydrogens is 194 g/mol. The quantitative estimate of drug-likeness (QED) is 0.821. The van der Waals surface area contributed by atoms with Gasteiger partial charge in [0.1, 0.15) is 11.1 Å². The van der Waals surface area contributed by atoms with E-state index in [1.807, 2.05) is 38.1 Å². The number of hydrogen-bond acceptors (Lipinski definition) is 3. The summed E-state index contributed by atoms with van der Waals surface area (Å²) in [5.74, 6) is 0.218. The highest BCUT2D eigenvalue weighted by Crippen LogP contribution is 2.29.